The summed E-state index contributed by atoms with van der Waals surface area (Å²) in [5.74, 6) is 0.362. The number of hydrogen-bond acceptors (Lipinski definition) is 3. The molecular formula is C18H25NO2. The van der Waals surface area contributed by atoms with Crippen LogP contribution in [-0.2, 0) is 6.54 Å². The number of piperidine rings is 1. The minimum absolute atomic E-state index is 0.0554. The first-order valence-corrected chi connectivity index (χ1v) is 8.13. The Balaban J connectivity index is 1.65. The number of benzene rings is 1. The van der Waals surface area contributed by atoms with Gasteiger partial charge in [-0.25, -0.2) is 0 Å². The molecule has 0 amide bonds. The summed E-state index contributed by atoms with van der Waals surface area (Å²) in [6.45, 7) is 4.55. The second-order valence-electron chi connectivity index (χ2n) is 6.88. The maximum Gasteiger partial charge on any atom is 0.159 e. The van der Waals surface area contributed by atoms with E-state index in [1.54, 1.807) is 19.1 Å². The van der Waals surface area contributed by atoms with Gasteiger partial charge in [-0.05, 0) is 69.3 Å². The Bertz CT molecular complexity index is 522. The van der Waals surface area contributed by atoms with Crippen LogP contribution in [0.3, 0.4) is 0 Å². The number of phenols is 1. The minimum atomic E-state index is 0.0554. The molecule has 0 unspecified atom stereocenters. The van der Waals surface area contributed by atoms with E-state index in [0.29, 0.717) is 16.7 Å². The summed E-state index contributed by atoms with van der Waals surface area (Å²) >= 11 is 0. The Morgan fingerprint density at radius 2 is 1.86 bits per heavy atom. The van der Waals surface area contributed by atoms with Crippen LogP contribution in [0.2, 0.25) is 0 Å². The van der Waals surface area contributed by atoms with E-state index < -0.39 is 0 Å². The van der Waals surface area contributed by atoms with Crippen molar-refractivity contribution >= 4 is 5.78 Å². The zero-order valence-corrected chi connectivity index (χ0v) is 12.9. The maximum absolute atomic E-state index is 11.5. The molecule has 1 aromatic carbocycles. The molecule has 21 heavy (non-hydrogen) atoms. The molecule has 1 aromatic rings. The Kier molecular flexibility index (Phi) is 4.03. The van der Waals surface area contributed by atoms with E-state index in [9.17, 15) is 9.90 Å². The van der Waals surface area contributed by atoms with Gasteiger partial charge in [0.1, 0.15) is 5.75 Å². The summed E-state index contributed by atoms with van der Waals surface area (Å²) in [7, 11) is 0. The molecule has 2 aliphatic rings. The Hall–Kier alpha value is -1.35. The second kappa shape index (κ2) is 5.80. The van der Waals surface area contributed by atoms with Crippen LogP contribution in [0.5, 0.6) is 5.75 Å². The predicted molar refractivity (Wildman–Crippen MR) is 83.5 cm³/mol. The zero-order valence-electron chi connectivity index (χ0n) is 12.9. The number of phenolic OH excluding ortho intramolecular Hbond substituents is 1. The fourth-order valence-corrected chi connectivity index (χ4v) is 3.98. The fraction of sp³-hybridized carbons (Fsp3) is 0.611. The molecular weight excluding hydrogens is 262 g/mol. The monoisotopic (exact) mass is 287 g/mol. The van der Waals surface area contributed by atoms with Crippen molar-refractivity contribution < 1.29 is 9.90 Å². The van der Waals surface area contributed by atoms with Gasteiger partial charge in [0.2, 0.25) is 0 Å². The first-order valence-electron chi connectivity index (χ1n) is 8.13. The van der Waals surface area contributed by atoms with Gasteiger partial charge in [0.25, 0.3) is 0 Å². The van der Waals surface area contributed by atoms with E-state index in [0.717, 1.165) is 25.2 Å². The first kappa shape index (κ1) is 14.6. The van der Waals surface area contributed by atoms with Crippen molar-refractivity contribution in [2.24, 2.45) is 5.41 Å². The third kappa shape index (κ3) is 3.13. The Morgan fingerprint density at radius 3 is 2.48 bits per heavy atom. The van der Waals surface area contributed by atoms with Crippen LogP contribution >= 0.6 is 0 Å². The smallest absolute Gasteiger partial charge is 0.159 e. The van der Waals surface area contributed by atoms with E-state index in [4.69, 9.17) is 0 Å². The molecule has 1 saturated heterocycles. The summed E-state index contributed by atoms with van der Waals surface area (Å²) in [5.41, 5.74) is 2.19. The van der Waals surface area contributed by atoms with Crippen molar-refractivity contribution in [3.8, 4) is 5.75 Å². The molecule has 3 nitrogen and oxygen atoms in total. The number of carbonyl (C=O) groups is 1. The number of nitrogens with zero attached hydrogens (tertiary/aromatic N) is 1. The van der Waals surface area contributed by atoms with Crippen molar-refractivity contribution in [3.05, 3.63) is 29.3 Å². The molecule has 114 valence electrons. The van der Waals surface area contributed by atoms with E-state index in [1.807, 2.05) is 6.07 Å². The lowest BCUT2D eigenvalue weighted by molar-refractivity contribution is 0.101. The SMILES string of the molecule is CC(=O)c1ccc(O)c(CN2CCC3(CCCC3)CC2)c1. The topological polar surface area (TPSA) is 40.5 Å². The average molecular weight is 287 g/mol. The largest absolute Gasteiger partial charge is 0.508 e. The number of rotatable bonds is 3. The Morgan fingerprint density at radius 1 is 1.19 bits per heavy atom. The lowest BCUT2D eigenvalue weighted by Crippen LogP contribution is -2.38. The molecule has 0 aromatic heterocycles. The van der Waals surface area contributed by atoms with E-state index >= 15 is 0 Å². The predicted octanol–water partition coefficient (Wildman–Crippen LogP) is 3.75. The molecule has 1 spiro atoms. The highest BCUT2D eigenvalue weighted by molar-refractivity contribution is 5.94. The van der Waals surface area contributed by atoms with Crippen LogP contribution < -0.4 is 0 Å². The highest BCUT2D eigenvalue weighted by atomic mass is 16.3. The number of aromatic hydroxyl groups is 1. The lowest BCUT2D eigenvalue weighted by Gasteiger charge is -2.39. The zero-order chi connectivity index (χ0) is 14.9. The molecule has 1 N–H and O–H groups in total. The number of carbonyl (C=O) groups excluding carboxylic acids is 1. The number of Topliss-reactive ketones (excluding diaryl/α,β-unsaturated/α-hetero) is 1. The fourth-order valence-electron chi connectivity index (χ4n) is 3.98. The molecule has 0 bridgehead atoms. The van der Waals surface area contributed by atoms with Crippen LogP contribution in [0.1, 0.15) is 61.4 Å². The normalized spacial score (nSPS) is 21.8. The van der Waals surface area contributed by atoms with Crippen molar-refractivity contribution in [1.82, 2.24) is 4.90 Å². The molecule has 1 aliphatic heterocycles. The highest BCUT2D eigenvalue weighted by Gasteiger charge is 2.36. The van der Waals surface area contributed by atoms with Gasteiger partial charge in [0, 0.05) is 17.7 Å². The van der Waals surface area contributed by atoms with E-state index in [1.165, 1.54) is 38.5 Å². The molecule has 1 saturated carbocycles. The van der Waals surface area contributed by atoms with Crippen LogP contribution in [0.4, 0.5) is 0 Å². The van der Waals surface area contributed by atoms with Gasteiger partial charge in [-0.15, -0.1) is 0 Å². The van der Waals surface area contributed by atoms with Crippen molar-refractivity contribution in [3.63, 3.8) is 0 Å². The quantitative estimate of drug-likeness (QED) is 0.861. The molecule has 0 radical (unpaired) electrons. The summed E-state index contributed by atoms with van der Waals surface area (Å²) < 4.78 is 0. The molecule has 1 aliphatic carbocycles. The van der Waals surface area contributed by atoms with Crippen molar-refractivity contribution in [1.29, 1.82) is 0 Å². The number of likely N-dealkylation sites (tertiary alicyclic amines) is 1. The van der Waals surface area contributed by atoms with Gasteiger partial charge in [0.05, 0.1) is 0 Å². The average Bonchev–Trinajstić information content (AvgIpc) is 2.92. The van der Waals surface area contributed by atoms with Gasteiger partial charge < -0.3 is 5.11 Å². The van der Waals surface area contributed by atoms with Gasteiger partial charge in [-0.3, -0.25) is 9.69 Å². The summed E-state index contributed by atoms with van der Waals surface area (Å²) in [6, 6.07) is 5.19. The lowest BCUT2D eigenvalue weighted by atomic mass is 9.77. The third-order valence-corrected chi connectivity index (χ3v) is 5.46. The van der Waals surface area contributed by atoms with Gasteiger partial charge >= 0.3 is 0 Å². The molecule has 2 fully saturated rings. The highest BCUT2D eigenvalue weighted by Crippen LogP contribution is 2.46. The van der Waals surface area contributed by atoms with E-state index in [-0.39, 0.29) is 5.78 Å². The first-order chi connectivity index (χ1) is 10.1. The molecule has 3 heteroatoms. The number of ketones is 1. The van der Waals surface area contributed by atoms with Crippen molar-refractivity contribution in [2.75, 3.05) is 13.1 Å². The maximum atomic E-state index is 11.5. The Labute approximate surface area is 127 Å². The van der Waals surface area contributed by atoms with E-state index in [2.05, 4.69) is 4.90 Å². The molecule has 1 heterocycles. The molecule has 3 rings (SSSR count). The summed E-state index contributed by atoms with van der Waals surface area (Å²) in [6.07, 6.45) is 8.21. The van der Waals surface area contributed by atoms with Crippen LogP contribution in [0, 0.1) is 5.41 Å². The number of hydrogen-bond donors (Lipinski definition) is 1. The van der Waals surface area contributed by atoms with Gasteiger partial charge in [-0.2, -0.15) is 0 Å². The van der Waals surface area contributed by atoms with Crippen LogP contribution in [0.15, 0.2) is 18.2 Å². The minimum Gasteiger partial charge on any atom is -0.508 e. The van der Waals surface area contributed by atoms with Crippen molar-refractivity contribution in [2.45, 2.75) is 52.0 Å². The molecule has 0 atom stereocenters. The third-order valence-electron chi connectivity index (χ3n) is 5.46. The van der Waals surface area contributed by atoms with Crippen LogP contribution in [-0.4, -0.2) is 28.9 Å². The van der Waals surface area contributed by atoms with Crippen LogP contribution in [0.25, 0.3) is 0 Å². The van der Waals surface area contributed by atoms with Gasteiger partial charge in [-0.1, -0.05) is 12.8 Å². The standard InChI is InChI=1S/C18H25NO2/c1-14(20)15-4-5-17(21)16(12-15)13-19-10-8-18(9-11-19)6-2-3-7-18/h4-5,12,21H,2-3,6-11,13H2,1H3. The summed E-state index contributed by atoms with van der Waals surface area (Å²) in [5, 5.41) is 10.0. The summed E-state index contributed by atoms with van der Waals surface area (Å²) in [4.78, 5) is 13.9. The second-order valence-corrected chi connectivity index (χ2v) is 6.88. The van der Waals surface area contributed by atoms with Gasteiger partial charge in [0.15, 0.2) is 5.78 Å².